The zero-order chi connectivity index (χ0) is 22.4. The van der Waals surface area contributed by atoms with Gasteiger partial charge in [-0.15, -0.1) is 0 Å². The minimum absolute atomic E-state index is 0.0980. The highest BCUT2D eigenvalue weighted by atomic mass is 16.4. The summed E-state index contributed by atoms with van der Waals surface area (Å²) >= 11 is 0. The van der Waals surface area contributed by atoms with E-state index in [9.17, 15) is 9.59 Å². The average Bonchev–Trinajstić information content (AvgIpc) is 2.79. The molecule has 2 aliphatic rings. The molecule has 2 aliphatic heterocycles. The lowest BCUT2D eigenvalue weighted by atomic mass is 9.77. The zero-order valence-electron chi connectivity index (χ0n) is 19.0. The minimum Gasteiger partial charge on any atom is -0.388 e. The van der Waals surface area contributed by atoms with E-state index in [0.717, 1.165) is 38.3 Å². The van der Waals surface area contributed by atoms with Crippen LogP contribution in [0.2, 0.25) is 0 Å². The highest BCUT2D eigenvalue weighted by Crippen LogP contribution is 2.34. The van der Waals surface area contributed by atoms with Crippen molar-refractivity contribution in [2.45, 2.75) is 19.3 Å². The Balaban J connectivity index is 0.000000858. The molecule has 2 aromatic carbocycles. The van der Waals surface area contributed by atoms with Crippen LogP contribution in [0.4, 0.5) is 5.69 Å². The fourth-order valence-corrected chi connectivity index (χ4v) is 4.22. The van der Waals surface area contributed by atoms with Crippen LogP contribution < -0.4 is 4.90 Å². The van der Waals surface area contributed by atoms with Crippen molar-refractivity contribution in [1.29, 1.82) is 0 Å². The Kier molecular flexibility index (Phi) is 7.46. The van der Waals surface area contributed by atoms with Crippen LogP contribution in [-0.2, 0) is 14.9 Å². The van der Waals surface area contributed by atoms with Gasteiger partial charge >= 0.3 is 0 Å². The Morgan fingerprint density at radius 1 is 0.839 bits per heavy atom. The molecule has 166 valence electrons. The van der Waals surface area contributed by atoms with Gasteiger partial charge in [0.15, 0.2) is 0 Å². The van der Waals surface area contributed by atoms with E-state index in [1.807, 2.05) is 44.2 Å². The largest absolute Gasteiger partial charge is 0.388 e. The molecular formula is C25H33N3O3. The number of carbonyl (C=O) groups is 2. The first kappa shape index (κ1) is 23.0. The maximum Gasteiger partial charge on any atom is 0.260 e. The number of benzene rings is 2. The van der Waals surface area contributed by atoms with Gasteiger partial charge in [-0.25, -0.2) is 0 Å². The predicted molar refractivity (Wildman–Crippen MR) is 124 cm³/mol. The smallest absolute Gasteiger partial charge is 0.260 e. The second kappa shape index (κ2) is 10.1. The summed E-state index contributed by atoms with van der Waals surface area (Å²) in [6.07, 6.45) is 0. The second-order valence-corrected chi connectivity index (χ2v) is 8.51. The van der Waals surface area contributed by atoms with Gasteiger partial charge < -0.3 is 9.64 Å². The van der Waals surface area contributed by atoms with E-state index in [4.69, 9.17) is 0 Å². The summed E-state index contributed by atoms with van der Waals surface area (Å²) in [5, 5.41) is 0. The number of piperazine rings is 1. The summed E-state index contributed by atoms with van der Waals surface area (Å²) in [5.74, 6) is -0.262. The number of para-hydroxylation sites is 1. The molecule has 0 N–H and O–H groups in total. The number of rotatable bonds is 4. The number of carbonyl (C=O) groups excluding carboxylic acids is 2. The molecule has 0 aliphatic carbocycles. The average molecular weight is 424 g/mol. The molecular weight excluding hydrogens is 390 g/mol. The summed E-state index contributed by atoms with van der Waals surface area (Å²) in [6.45, 7) is 8.77. The molecule has 6 heteroatoms. The van der Waals surface area contributed by atoms with Crippen LogP contribution >= 0.6 is 0 Å². The summed E-state index contributed by atoms with van der Waals surface area (Å²) in [4.78, 5) is 32.1. The molecule has 0 spiro atoms. The number of fused-ring (bicyclic) bond motifs is 1. The Hall–Kier alpha value is -2.70. The maximum absolute atomic E-state index is 13.0. The van der Waals surface area contributed by atoms with Crippen molar-refractivity contribution in [3.8, 4) is 0 Å². The zero-order valence-corrected chi connectivity index (χ0v) is 19.0. The van der Waals surface area contributed by atoms with Crippen LogP contribution in [-0.4, -0.2) is 75.1 Å². The summed E-state index contributed by atoms with van der Waals surface area (Å²) in [7, 11) is 3.25. The predicted octanol–water partition coefficient (Wildman–Crippen LogP) is 3.03. The van der Waals surface area contributed by atoms with Gasteiger partial charge in [0.2, 0.25) is 5.91 Å². The van der Waals surface area contributed by atoms with Gasteiger partial charge in [0.25, 0.3) is 5.91 Å². The van der Waals surface area contributed by atoms with Crippen LogP contribution in [0.3, 0.4) is 0 Å². The van der Waals surface area contributed by atoms with Crippen molar-refractivity contribution in [3.05, 3.63) is 65.7 Å². The molecule has 0 radical (unpaired) electrons. The fraction of sp³-hybridized carbons (Fsp3) is 0.440. The van der Waals surface area contributed by atoms with E-state index >= 15 is 0 Å². The van der Waals surface area contributed by atoms with Gasteiger partial charge in [-0.05, 0) is 37.6 Å². The van der Waals surface area contributed by atoms with E-state index in [0.29, 0.717) is 12.1 Å². The SMILES string of the molecule is CC1(C)C(=O)N(CCN2CCN(c3ccccc3)CC2)C(=O)c2ccccc21.COC. The number of ether oxygens (including phenoxy) is 1. The molecule has 0 bridgehead atoms. The van der Waals surface area contributed by atoms with E-state index in [1.54, 1.807) is 14.2 Å². The van der Waals surface area contributed by atoms with Crippen molar-refractivity contribution in [2.75, 3.05) is 58.4 Å². The molecule has 0 atom stereocenters. The number of nitrogens with zero attached hydrogens (tertiary/aromatic N) is 3. The van der Waals surface area contributed by atoms with E-state index in [-0.39, 0.29) is 11.8 Å². The van der Waals surface area contributed by atoms with Gasteiger partial charge in [0.05, 0.1) is 5.41 Å². The topological polar surface area (TPSA) is 53.1 Å². The molecule has 2 heterocycles. The van der Waals surface area contributed by atoms with Crippen molar-refractivity contribution < 1.29 is 14.3 Å². The number of hydrogen-bond donors (Lipinski definition) is 0. The lowest BCUT2D eigenvalue weighted by Gasteiger charge is -2.40. The first-order valence-corrected chi connectivity index (χ1v) is 10.8. The van der Waals surface area contributed by atoms with Crippen molar-refractivity contribution >= 4 is 17.5 Å². The van der Waals surface area contributed by atoms with Crippen LogP contribution in [0.15, 0.2) is 54.6 Å². The highest BCUT2D eigenvalue weighted by molar-refractivity contribution is 6.12. The number of methoxy groups -OCH3 is 1. The monoisotopic (exact) mass is 423 g/mol. The van der Waals surface area contributed by atoms with Crippen molar-refractivity contribution in [3.63, 3.8) is 0 Å². The lowest BCUT2D eigenvalue weighted by molar-refractivity contribution is -0.134. The number of amides is 2. The number of hydrogen-bond acceptors (Lipinski definition) is 5. The minimum atomic E-state index is -0.670. The first-order chi connectivity index (χ1) is 14.9. The molecule has 2 aromatic rings. The molecule has 1 saturated heterocycles. The third-order valence-electron chi connectivity index (χ3n) is 5.99. The van der Waals surface area contributed by atoms with Gasteiger partial charge in [0.1, 0.15) is 0 Å². The summed E-state index contributed by atoms with van der Waals surface area (Å²) < 4.78 is 4.25. The van der Waals surface area contributed by atoms with E-state index in [1.165, 1.54) is 10.6 Å². The van der Waals surface area contributed by atoms with Crippen LogP contribution in [0.5, 0.6) is 0 Å². The highest BCUT2D eigenvalue weighted by Gasteiger charge is 2.44. The van der Waals surface area contributed by atoms with Gasteiger partial charge in [-0.1, -0.05) is 36.4 Å². The van der Waals surface area contributed by atoms with Crippen LogP contribution in [0, 0.1) is 0 Å². The summed E-state index contributed by atoms with van der Waals surface area (Å²) in [5.41, 5.74) is 2.07. The Morgan fingerprint density at radius 2 is 1.42 bits per heavy atom. The molecule has 4 rings (SSSR count). The van der Waals surface area contributed by atoms with Crippen LogP contribution in [0.1, 0.15) is 29.8 Å². The fourth-order valence-electron chi connectivity index (χ4n) is 4.22. The molecule has 2 amide bonds. The molecule has 6 nitrogen and oxygen atoms in total. The van der Waals surface area contributed by atoms with E-state index in [2.05, 4.69) is 38.8 Å². The molecule has 0 saturated carbocycles. The number of anilines is 1. The van der Waals surface area contributed by atoms with Crippen molar-refractivity contribution in [1.82, 2.24) is 9.80 Å². The quantitative estimate of drug-likeness (QED) is 0.708. The van der Waals surface area contributed by atoms with Crippen molar-refractivity contribution in [2.24, 2.45) is 0 Å². The molecule has 1 fully saturated rings. The summed E-state index contributed by atoms with van der Waals surface area (Å²) in [6, 6.07) is 17.9. The Bertz CT molecular complexity index is 890. The van der Waals surface area contributed by atoms with Gasteiger partial charge in [-0.3, -0.25) is 19.4 Å². The Labute approximate surface area is 185 Å². The van der Waals surface area contributed by atoms with Gasteiger partial charge in [0, 0.05) is 64.7 Å². The Morgan fingerprint density at radius 3 is 2.06 bits per heavy atom. The molecule has 0 aromatic heterocycles. The second-order valence-electron chi connectivity index (χ2n) is 8.51. The normalized spacial score (nSPS) is 18.3. The first-order valence-electron chi connectivity index (χ1n) is 10.8. The number of imide groups is 1. The third-order valence-corrected chi connectivity index (χ3v) is 5.99. The molecule has 31 heavy (non-hydrogen) atoms. The lowest BCUT2D eigenvalue weighted by Crippen LogP contribution is -2.55. The van der Waals surface area contributed by atoms with E-state index < -0.39 is 5.41 Å². The van der Waals surface area contributed by atoms with Crippen LogP contribution in [0.25, 0.3) is 0 Å². The maximum atomic E-state index is 13.0. The standard InChI is InChI=1S/C23H27N3O2.C2H6O/c1-23(2)20-11-7-6-10-19(20)21(27)26(22(23)28)17-14-24-12-15-25(16-13-24)18-8-4-3-5-9-18;1-3-2/h3-11H,12-17H2,1-2H3;1-2H3. The third kappa shape index (κ3) is 4.97. The van der Waals surface area contributed by atoms with Gasteiger partial charge in [-0.2, -0.15) is 0 Å². The molecule has 0 unspecified atom stereocenters.